The van der Waals surface area contributed by atoms with E-state index in [2.05, 4.69) is 27.8 Å². The molecule has 2 aromatic rings. The Balaban J connectivity index is 1.70. The molecule has 0 spiro atoms. The number of hydrogen-bond donors (Lipinski definition) is 2. The van der Waals surface area contributed by atoms with Gasteiger partial charge in [0, 0.05) is 17.1 Å². The van der Waals surface area contributed by atoms with E-state index in [-0.39, 0.29) is 11.8 Å². The normalized spacial score (nSPS) is 17.2. The van der Waals surface area contributed by atoms with Crippen LogP contribution in [0, 0.1) is 19.8 Å². The van der Waals surface area contributed by atoms with E-state index >= 15 is 0 Å². The molecule has 0 aliphatic carbocycles. The zero-order valence-corrected chi connectivity index (χ0v) is 12.4. The summed E-state index contributed by atoms with van der Waals surface area (Å²) in [6.45, 7) is 4.65. The minimum atomic E-state index is -0.0468. The molecule has 1 aromatic heterocycles. The van der Waals surface area contributed by atoms with Crippen LogP contribution in [-0.4, -0.2) is 17.4 Å². The molecule has 0 saturated heterocycles. The summed E-state index contributed by atoms with van der Waals surface area (Å²) in [7, 11) is 0. The van der Waals surface area contributed by atoms with Crippen molar-refractivity contribution in [1.29, 1.82) is 0 Å². The Bertz CT molecular complexity index is 631. The van der Waals surface area contributed by atoms with Gasteiger partial charge in [-0.05, 0) is 31.9 Å². The first-order chi connectivity index (χ1) is 9.63. The van der Waals surface area contributed by atoms with Crippen LogP contribution < -0.4 is 10.6 Å². The summed E-state index contributed by atoms with van der Waals surface area (Å²) >= 11 is 1.53. The van der Waals surface area contributed by atoms with Crippen molar-refractivity contribution in [2.75, 3.05) is 17.2 Å². The first kappa shape index (κ1) is 13.1. The molecule has 1 aliphatic rings. The van der Waals surface area contributed by atoms with Crippen LogP contribution in [0.3, 0.4) is 0 Å². The summed E-state index contributed by atoms with van der Waals surface area (Å²) < 4.78 is 0. The van der Waals surface area contributed by atoms with Gasteiger partial charge in [0.1, 0.15) is 0 Å². The molecule has 0 bridgehead atoms. The number of nitrogens with zero attached hydrogens (tertiary/aromatic N) is 1. The molecular formula is C15H17N3OS. The largest absolute Gasteiger partial charge is 0.384 e. The number of thiazole rings is 1. The molecule has 1 aliphatic heterocycles. The summed E-state index contributed by atoms with van der Waals surface area (Å²) in [4.78, 5) is 17.8. The van der Waals surface area contributed by atoms with Crippen molar-refractivity contribution in [1.82, 2.24) is 4.98 Å². The minimum absolute atomic E-state index is 0.0424. The van der Waals surface area contributed by atoms with Crippen LogP contribution in [0.1, 0.15) is 16.1 Å². The van der Waals surface area contributed by atoms with E-state index in [1.807, 2.05) is 26.0 Å². The number of hydrogen-bond acceptors (Lipinski definition) is 4. The third-order valence-corrected chi connectivity index (χ3v) is 4.64. The number of aromatic nitrogens is 1. The second-order valence-electron chi connectivity index (χ2n) is 5.09. The molecule has 1 amide bonds. The van der Waals surface area contributed by atoms with Crippen LogP contribution in [0.2, 0.25) is 0 Å². The van der Waals surface area contributed by atoms with Crippen LogP contribution in [0.5, 0.6) is 0 Å². The van der Waals surface area contributed by atoms with Gasteiger partial charge >= 0.3 is 0 Å². The Morgan fingerprint density at radius 3 is 2.95 bits per heavy atom. The summed E-state index contributed by atoms with van der Waals surface area (Å²) in [6.07, 6.45) is 0.776. The van der Waals surface area contributed by atoms with Gasteiger partial charge in [-0.15, -0.1) is 11.3 Å². The smallest absolute Gasteiger partial charge is 0.231 e. The van der Waals surface area contributed by atoms with E-state index in [1.165, 1.54) is 16.9 Å². The van der Waals surface area contributed by atoms with Crippen LogP contribution in [-0.2, 0) is 11.2 Å². The maximum Gasteiger partial charge on any atom is 0.231 e. The number of fused-ring (bicyclic) bond motifs is 1. The van der Waals surface area contributed by atoms with E-state index in [9.17, 15) is 4.79 Å². The predicted molar refractivity (Wildman–Crippen MR) is 82.3 cm³/mol. The Labute approximate surface area is 122 Å². The first-order valence-corrected chi connectivity index (χ1v) is 7.52. The fourth-order valence-electron chi connectivity index (χ4n) is 2.36. The lowest BCUT2D eigenvalue weighted by molar-refractivity contribution is -0.119. The average molecular weight is 287 g/mol. The molecule has 1 aromatic carbocycles. The number of carbonyl (C=O) groups excluding carboxylic acids is 1. The van der Waals surface area contributed by atoms with Crippen molar-refractivity contribution < 1.29 is 4.79 Å². The maximum absolute atomic E-state index is 12.3. The van der Waals surface area contributed by atoms with E-state index in [4.69, 9.17) is 0 Å². The molecule has 1 atom stereocenters. The standard InChI is InChI=1S/C15H17N3OS/c1-9-10(2)20-15(17-9)18-14(19)12-7-11-5-3-4-6-13(11)16-8-12/h3-6,12,16H,7-8H2,1-2H3,(H,17,18,19). The number of anilines is 2. The molecule has 0 saturated carbocycles. The van der Waals surface area contributed by atoms with Crippen molar-refractivity contribution in [3.63, 3.8) is 0 Å². The SMILES string of the molecule is Cc1nc(NC(=O)C2CNc3ccccc3C2)sc1C. The molecule has 0 fully saturated rings. The Morgan fingerprint density at radius 2 is 2.20 bits per heavy atom. The Kier molecular flexibility index (Phi) is 3.44. The maximum atomic E-state index is 12.3. The van der Waals surface area contributed by atoms with Crippen molar-refractivity contribution >= 4 is 28.1 Å². The van der Waals surface area contributed by atoms with Crippen molar-refractivity contribution in [3.05, 3.63) is 40.4 Å². The van der Waals surface area contributed by atoms with Gasteiger partial charge in [-0.3, -0.25) is 4.79 Å². The Hall–Kier alpha value is -1.88. The highest BCUT2D eigenvalue weighted by molar-refractivity contribution is 7.15. The molecule has 5 heteroatoms. The number of amides is 1. The highest BCUT2D eigenvalue weighted by Gasteiger charge is 2.24. The van der Waals surface area contributed by atoms with Crippen LogP contribution >= 0.6 is 11.3 Å². The topological polar surface area (TPSA) is 54.0 Å². The lowest BCUT2D eigenvalue weighted by Gasteiger charge is -2.24. The summed E-state index contributed by atoms with van der Waals surface area (Å²) in [5, 5.41) is 6.95. The molecule has 0 radical (unpaired) electrons. The lowest BCUT2D eigenvalue weighted by Crippen LogP contribution is -2.33. The zero-order valence-electron chi connectivity index (χ0n) is 11.6. The van der Waals surface area contributed by atoms with E-state index in [0.29, 0.717) is 11.7 Å². The molecule has 104 valence electrons. The predicted octanol–water partition coefficient (Wildman–Crippen LogP) is 2.98. The third kappa shape index (κ3) is 2.54. The van der Waals surface area contributed by atoms with Crippen molar-refractivity contribution in [2.24, 2.45) is 5.92 Å². The monoisotopic (exact) mass is 287 g/mol. The van der Waals surface area contributed by atoms with Gasteiger partial charge in [0.2, 0.25) is 5.91 Å². The quantitative estimate of drug-likeness (QED) is 0.893. The second-order valence-corrected chi connectivity index (χ2v) is 6.29. The zero-order chi connectivity index (χ0) is 14.1. The number of nitrogens with one attached hydrogen (secondary N) is 2. The third-order valence-electron chi connectivity index (χ3n) is 3.65. The molecule has 20 heavy (non-hydrogen) atoms. The van der Waals surface area contributed by atoms with Gasteiger partial charge in [0.15, 0.2) is 5.13 Å². The van der Waals surface area contributed by atoms with Crippen LogP contribution in [0.4, 0.5) is 10.8 Å². The fourth-order valence-corrected chi connectivity index (χ4v) is 3.18. The molecule has 3 rings (SSSR count). The van der Waals surface area contributed by atoms with Crippen molar-refractivity contribution in [2.45, 2.75) is 20.3 Å². The van der Waals surface area contributed by atoms with Gasteiger partial charge in [-0.1, -0.05) is 18.2 Å². The van der Waals surface area contributed by atoms with Gasteiger partial charge in [-0.2, -0.15) is 0 Å². The van der Waals surface area contributed by atoms with Crippen LogP contribution in [0.15, 0.2) is 24.3 Å². The van der Waals surface area contributed by atoms with E-state index in [0.717, 1.165) is 22.7 Å². The lowest BCUT2D eigenvalue weighted by atomic mass is 9.93. The van der Waals surface area contributed by atoms with Gasteiger partial charge in [0.25, 0.3) is 0 Å². The minimum Gasteiger partial charge on any atom is -0.384 e. The highest BCUT2D eigenvalue weighted by atomic mass is 32.1. The molecule has 1 unspecified atom stereocenters. The Morgan fingerprint density at radius 1 is 1.40 bits per heavy atom. The first-order valence-electron chi connectivity index (χ1n) is 6.70. The van der Waals surface area contributed by atoms with Gasteiger partial charge < -0.3 is 10.6 Å². The highest BCUT2D eigenvalue weighted by Crippen LogP contribution is 2.26. The number of rotatable bonds is 2. The summed E-state index contributed by atoms with van der Waals surface area (Å²) in [6, 6.07) is 8.14. The number of para-hydroxylation sites is 1. The summed E-state index contributed by atoms with van der Waals surface area (Å²) in [5.74, 6) is -0.00448. The van der Waals surface area contributed by atoms with Gasteiger partial charge in [-0.25, -0.2) is 4.98 Å². The fraction of sp³-hybridized carbons (Fsp3) is 0.333. The van der Waals surface area contributed by atoms with Gasteiger partial charge in [0.05, 0.1) is 11.6 Å². The van der Waals surface area contributed by atoms with Crippen LogP contribution in [0.25, 0.3) is 0 Å². The molecule has 2 heterocycles. The summed E-state index contributed by atoms with van der Waals surface area (Å²) in [5.41, 5.74) is 3.32. The van der Waals surface area contributed by atoms with E-state index < -0.39 is 0 Å². The molecule has 2 N–H and O–H groups in total. The number of aryl methyl sites for hydroxylation is 2. The molecule has 4 nitrogen and oxygen atoms in total. The van der Waals surface area contributed by atoms with Crippen molar-refractivity contribution in [3.8, 4) is 0 Å². The number of carbonyl (C=O) groups is 1. The van der Waals surface area contributed by atoms with E-state index in [1.54, 1.807) is 0 Å². The second kappa shape index (κ2) is 5.25. The molecular weight excluding hydrogens is 270 g/mol. The average Bonchev–Trinajstić information content (AvgIpc) is 2.76. The number of benzene rings is 1.